The van der Waals surface area contributed by atoms with E-state index in [-0.39, 0.29) is 6.61 Å². The lowest BCUT2D eigenvalue weighted by molar-refractivity contribution is -0.119. The number of methoxy groups -OCH3 is 1. The first-order valence-corrected chi connectivity index (χ1v) is 13.8. The van der Waals surface area contributed by atoms with Gasteiger partial charge in [-0.05, 0) is 90.5 Å². The SMILES string of the molecule is COc1cc(Cc2ccc(OCc3ccccc3)cc2-c2ccc(OCC(N)=O)cc2)ccc1CN1CCCC1. The van der Waals surface area contributed by atoms with Gasteiger partial charge in [-0.2, -0.15) is 0 Å². The summed E-state index contributed by atoms with van der Waals surface area (Å²) < 4.78 is 17.4. The van der Waals surface area contributed by atoms with Crippen LogP contribution in [0.3, 0.4) is 0 Å². The lowest BCUT2D eigenvalue weighted by atomic mass is 9.94. The predicted molar refractivity (Wildman–Crippen MR) is 158 cm³/mol. The molecule has 0 radical (unpaired) electrons. The van der Waals surface area contributed by atoms with Crippen LogP contribution in [0, 0.1) is 0 Å². The van der Waals surface area contributed by atoms with Crippen molar-refractivity contribution in [2.45, 2.75) is 32.4 Å². The molecule has 40 heavy (non-hydrogen) atoms. The first kappa shape index (κ1) is 27.3. The molecule has 1 fully saturated rings. The summed E-state index contributed by atoms with van der Waals surface area (Å²) in [6.45, 7) is 3.57. The van der Waals surface area contributed by atoms with E-state index >= 15 is 0 Å². The molecule has 0 saturated carbocycles. The Kier molecular flexibility index (Phi) is 8.99. The smallest absolute Gasteiger partial charge is 0.255 e. The number of carbonyl (C=O) groups excluding carboxylic acids is 1. The molecular formula is C34H36N2O4. The van der Waals surface area contributed by atoms with Crippen molar-refractivity contribution in [3.05, 3.63) is 113 Å². The van der Waals surface area contributed by atoms with Gasteiger partial charge in [-0.15, -0.1) is 0 Å². The summed E-state index contributed by atoms with van der Waals surface area (Å²) in [7, 11) is 1.75. The Morgan fingerprint density at radius 3 is 2.25 bits per heavy atom. The molecule has 1 aliphatic rings. The van der Waals surface area contributed by atoms with Gasteiger partial charge in [0.05, 0.1) is 7.11 Å². The van der Waals surface area contributed by atoms with Gasteiger partial charge in [0.1, 0.15) is 23.9 Å². The van der Waals surface area contributed by atoms with Crippen LogP contribution in [0.25, 0.3) is 11.1 Å². The van der Waals surface area contributed by atoms with Crippen LogP contribution in [0.15, 0.2) is 91.0 Å². The van der Waals surface area contributed by atoms with Crippen LogP contribution in [0.5, 0.6) is 17.2 Å². The molecule has 1 amide bonds. The van der Waals surface area contributed by atoms with Crippen molar-refractivity contribution in [1.29, 1.82) is 0 Å². The molecule has 0 unspecified atom stereocenters. The maximum atomic E-state index is 11.1. The number of rotatable bonds is 12. The number of primary amides is 1. The molecule has 4 aromatic rings. The second-order valence-corrected chi connectivity index (χ2v) is 10.2. The molecule has 0 aliphatic carbocycles. The molecular weight excluding hydrogens is 500 g/mol. The summed E-state index contributed by atoms with van der Waals surface area (Å²) in [6.07, 6.45) is 3.29. The fourth-order valence-electron chi connectivity index (χ4n) is 5.13. The number of hydrogen-bond donors (Lipinski definition) is 1. The van der Waals surface area contributed by atoms with E-state index in [0.29, 0.717) is 12.4 Å². The Morgan fingerprint density at radius 2 is 1.52 bits per heavy atom. The molecule has 6 nitrogen and oxygen atoms in total. The van der Waals surface area contributed by atoms with Crippen molar-refractivity contribution in [1.82, 2.24) is 4.90 Å². The van der Waals surface area contributed by atoms with E-state index in [2.05, 4.69) is 47.4 Å². The average Bonchev–Trinajstić information content (AvgIpc) is 3.50. The summed E-state index contributed by atoms with van der Waals surface area (Å²) in [5.74, 6) is 1.83. The van der Waals surface area contributed by atoms with E-state index in [1.165, 1.54) is 29.5 Å². The van der Waals surface area contributed by atoms with Crippen molar-refractivity contribution in [2.75, 3.05) is 26.8 Å². The molecule has 1 saturated heterocycles. The van der Waals surface area contributed by atoms with Crippen LogP contribution in [0.2, 0.25) is 0 Å². The van der Waals surface area contributed by atoms with E-state index in [1.807, 2.05) is 48.5 Å². The maximum absolute atomic E-state index is 11.1. The van der Waals surface area contributed by atoms with Crippen molar-refractivity contribution in [3.63, 3.8) is 0 Å². The quantitative estimate of drug-likeness (QED) is 0.241. The lowest BCUT2D eigenvalue weighted by Crippen LogP contribution is -2.19. The third-order valence-corrected chi connectivity index (χ3v) is 7.21. The topological polar surface area (TPSA) is 74.0 Å². The van der Waals surface area contributed by atoms with Gasteiger partial charge in [-0.3, -0.25) is 9.69 Å². The molecule has 5 rings (SSSR count). The molecule has 0 bridgehead atoms. The van der Waals surface area contributed by atoms with Gasteiger partial charge in [0, 0.05) is 12.1 Å². The van der Waals surface area contributed by atoms with Gasteiger partial charge in [0.25, 0.3) is 5.91 Å². The second kappa shape index (κ2) is 13.2. The molecule has 1 heterocycles. The van der Waals surface area contributed by atoms with Crippen LogP contribution < -0.4 is 19.9 Å². The van der Waals surface area contributed by atoms with Crippen LogP contribution in [0.1, 0.15) is 35.1 Å². The third kappa shape index (κ3) is 7.21. The second-order valence-electron chi connectivity index (χ2n) is 10.2. The molecule has 2 N–H and O–H groups in total. The zero-order valence-electron chi connectivity index (χ0n) is 23.0. The first-order chi connectivity index (χ1) is 19.6. The summed E-state index contributed by atoms with van der Waals surface area (Å²) in [4.78, 5) is 13.6. The molecule has 1 aliphatic heterocycles. The van der Waals surface area contributed by atoms with Crippen LogP contribution in [-0.4, -0.2) is 37.6 Å². The highest BCUT2D eigenvalue weighted by Crippen LogP contribution is 2.33. The summed E-state index contributed by atoms with van der Waals surface area (Å²) in [5.41, 5.74) is 12.0. The summed E-state index contributed by atoms with van der Waals surface area (Å²) in [5, 5.41) is 0. The number of hydrogen-bond acceptors (Lipinski definition) is 5. The Labute approximate surface area is 236 Å². The van der Waals surface area contributed by atoms with Crippen molar-refractivity contribution in [3.8, 4) is 28.4 Å². The maximum Gasteiger partial charge on any atom is 0.255 e. The number of benzene rings is 4. The number of ether oxygens (including phenoxy) is 3. The monoisotopic (exact) mass is 536 g/mol. The number of amides is 1. The Bertz CT molecular complexity index is 1410. The molecule has 6 heteroatoms. The Morgan fingerprint density at radius 1 is 0.800 bits per heavy atom. The first-order valence-electron chi connectivity index (χ1n) is 13.8. The molecule has 0 atom stereocenters. The number of likely N-dealkylation sites (tertiary alicyclic amines) is 1. The van der Waals surface area contributed by atoms with Crippen LogP contribution in [0.4, 0.5) is 0 Å². The van der Waals surface area contributed by atoms with Crippen LogP contribution >= 0.6 is 0 Å². The third-order valence-electron chi connectivity index (χ3n) is 7.21. The number of nitrogens with zero attached hydrogens (tertiary/aromatic N) is 1. The average molecular weight is 537 g/mol. The van der Waals surface area contributed by atoms with E-state index in [4.69, 9.17) is 19.9 Å². The van der Waals surface area contributed by atoms with E-state index in [9.17, 15) is 4.79 Å². The molecule has 0 spiro atoms. The fourth-order valence-corrected chi connectivity index (χ4v) is 5.13. The lowest BCUT2D eigenvalue weighted by Gasteiger charge is -2.18. The highest BCUT2D eigenvalue weighted by molar-refractivity contribution is 5.75. The zero-order valence-corrected chi connectivity index (χ0v) is 23.0. The van der Waals surface area contributed by atoms with E-state index < -0.39 is 5.91 Å². The Balaban J connectivity index is 1.40. The highest BCUT2D eigenvalue weighted by atomic mass is 16.5. The summed E-state index contributed by atoms with van der Waals surface area (Å²) >= 11 is 0. The predicted octanol–water partition coefficient (Wildman–Crippen LogP) is 5.99. The van der Waals surface area contributed by atoms with E-state index in [1.54, 1.807) is 7.11 Å². The van der Waals surface area contributed by atoms with E-state index in [0.717, 1.165) is 54.2 Å². The van der Waals surface area contributed by atoms with Gasteiger partial charge in [-0.25, -0.2) is 0 Å². The van der Waals surface area contributed by atoms with Crippen molar-refractivity contribution < 1.29 is 19.0 Å². The van der Waals surface area contributed by atoms with Crippen LogP contribution in [-0.2, 0) is 24.4 Å². The van der Waals surface area contributed by atoms with Gasteiger partial charge < -0.3 is 19.9 Å². The molecule has 4 aromatic carbocycles. The minimum absolute atomic E-state index is 0.150. The standard InChI is InChI=1S/C34H36N2O4/c1-38-33-20-26(9-10-29(33)22-36-17-5-6-18-36)19-28-13-16-31(39-23-25-7-3-2-4-8-25)21-32(28)27-11-14-30(15-12-27)40-24-34(35)37/h2-4,7-16,20-21H,5-6,17-19,22-24H2,1H3,(H2,35,37). The number of carbonyl (C=O) groups is 1. The normalized spacial score (nSPS) is 13.2. The van der Waals surface area contributed by atoms with Crippen molar-refractivity contribution >= 4 is 5.91 Å². The molecule has 0 aromatic heterocycles. The minimum atomic E-state index is -0.503. The Hall–Kier alpha value is -4.29. The fraction of sp³-hybridized carbons (Fsp3) is 0.265. The summed E-state index contributed by atoms with van der Waals surface area (Å²) in [6, 6.07) is 30.7. The minimum Gasteiger partial charge on any atom is -0.496 e. The highest BCUT2D eigenvalue weighted by Gasteiger charge is 2.16. The van der Waals surface area contributed by atoms with Crippen molar-refractivity contribution in [2.24, 2.45) is 5.73 Å². The van der Waals surface area contributed by atoms with Gasteiger partial charge in [0.2, 0.25) is 0 Å². The van der Waals surface area contributed by atoms with Gasteiger partial charge in [-0.1, -0.05) is 60.7 Å². The largest absolute Gasteiger partial charge is 0.496 e. The van der Waals surface area contributed by atoms with Gasteiger partial charge in [0.15, 0.2) is 6.61 Å². The van der Waals surface area contributed by atoms with Gasteiger partial charge >= 0.3 is 0 Å². The zero-order chi connectivity index (χ0) is 27.7. The molecule has 206 valence electrons. The number of nitrogens with two attached hydrogens (primary N) is 1.